The first-order chi connectivity index (χ1) is 11.5. The zero-order chi connectivity index (χ0) is 17.8. The first-order valence-electron chi connectivity index (χ1n) is 8.71. The van der Waals surface area contributed by atoms with E-state index in [1.54, 1.807) is 0 Å². The van der Waals surface area contributed by atoms with Crippen molar-refractivity contribution in [3.8, 4) is 5.75 Å². The highest BCUT2D eigenvalue weighted by Crippen LogP contribution is 2.26. The average Bonchev–Trinajstić information content (AvgIpc) is 2.54. The van der Waals surface area contributed by atoms with Crippen LogP contribution in [0.3, 0.4) is 0 Å². The Morgan fingerprint density at radius 3 is 2.17 bits per heavy atom. The largest absolute Gasteiger partial charge is 0.493 e. The number of rotatable bonds is 13. The summed E-state index contributed by atoms with van der Waals surface area (Å²) in [5.74, 6) is -0.647. The summed E-state index contributed by atoms with van der Waals surface area (Å²) in [6.07, 6.45) is 5.87. The van der Waals surface area contributed by atoms with Crippen molar-refractivity contribution in [1.82, 2.24) is 0 Å². The number of hydrogen-bond acceptors (Lipinski definition) is 3. The van der Waals surface area contributed by atoms with Crippen LogP contribution in [0.25, 0.3) is 0 Å². The van der Waals surface area contributed by atoms with Crippen LogP contribution in [0, 0.1) is 0 Å². The molecule has 0 spiro atoms. The minimum absolute atomic E-state index is 0.186. The summed E-state index contributed by atoms with van der Waals surface area (Å²) in [6, 6.07) is 5.99. The van der Waals surface area contributed by atoms with Crippen molar-refractivity contribution < 1.29 is 24.5 Å². The monoisotopic (exact) mass is 336 g/mol. The highest BCUT2D eigenvalue weighted by molar-refractivity contribution is 5.66. The number of ether oxygens (including phenoxy) is 1. The van der Waals surface area contributed by atoms with E-state index in [1.807, 2.05) is 12.1 Å². The number of carboxylic acid groups (broad SMARTS) is 2. The molecule has 0 saturated carbocycles. The molecule has 0 fully saturated rings. The number of aliphatic carboxylic acids is 2. The molecule has 5 heteroatoms. The third-order valence-corrected chi connectivity index (χ3v) is 3.85. The van der Waals surface area contributed by atoms with Gasteiger partial charge in [0, 0.05) is 12.8 Å². The lowest BCUT2D eigenvalue weighted by Gasteiger charge is -2.15. The number of carboxylic acids is 2. The Bertz CT molecular complexity index is 524. The van der Waals surface area contributed by atoms with E-state index in [1.165, 1.54) is 5.56 Å². The number of unbranched alkanes of at least 4 members (excludes halogenated alkanes) is 2. The molecule has 134 valence electrons. The van der Waals surface area contributed by atoms with Crippen LogP contribution in [0.1, 0.15) is 63.0 Å². The molecular formula is C19H28O5. The van der Waals surface area contributed by atoms with Gasteiger partial charge in [-0.05, 0) is 62.1 Å². The maximum atomic E-state index is 10.6. The predicted molar refractivity (Wildman–Crippen MR) is 92.6 cm³/mol. The van der Waals surface area contributed by atoms with Gasteiger partial charge in [-0.2, -0.15) is 0 Å². The van der Waals surface area contributed by atoms with Crippen molar-refractivity contribution in [1.29, 1.82) is 0 Å². The van der Waals surface area contributed by atoms with Crippen LogP contribution in [-0.2, 0) is 22.4 Å². The lowest BCUT2D eigenvalue weighted by molar-refractivity contribution is -0.138. The second-order valence-electron chi connectivity index (χ2n) is 5.94. The molecule has 1 rings (SSSR count). The van der Waals surface area contributed by atoms with E-state index >= 15 is 0 Å². The molecule has 0 radical (unpaired) electrons. The number of aryl methyl sites for hydroxylation is 1. The zero-order valence-corrected chi connectivity index (χ0v) is 14.4. The predicted octanol–water partition coefficient (Wildman–Crippen LogP) is 4.07. The van der Waals surface area contributed by atoms with Crippen molar-refractivity contribution in [2.45, 2.75) is 64.7 Å². The normalized spacial score (nSPS) is 10.5. The first-order valence-corrected chi connectivity index (χ1v) is 8.71. The summed E-state index contributed by atoms with van der Waals surface area (Å²) in [7, 11) is 0. The summed E-state index contributed by atoms with van der Waals surface area (Å²) in [5.41, 5.74) is 2.33. The van der Waals surface area contributed by atoms with E-state index in [-0.39, 0.29) is 12.8 Å². The Morgan fingerprint density at radius 2 is 1.58 bits per heavy atom. The molecule has 0 unspecified atom stereocenters. The lowest BCUT2D eigenvalue weighted by atomic mass is 9.96. The summed E-state index contributed by atoms with van der Waals surface area (Å²) in [4.78, 5) is 21.3. The second kappa shape index (κ2) is 11.5. The zero-order valence-electron chi connectivity index (χ0n) is 14.4. The number of benzene rings is 1. The Morgan fingerprint density at radius 1 is 0.958 bits per heavy atom. The third kappa shape index (κ3) is 7.99. The van der Waals surface area contributed by atoms with E-state index in [0.29, 0.717) is 19.4 Å². The second-order valence-corrected chi connectivity index (χ2v) is 5.94. The Labute approximate surface area is 143 Å². The smallest absolute Gasteiger partial charge is 0.303 e. The van der Waals surface area contributed by atoms with Crippen molar-refractivity contribution in [3.05, 3.63) is 29.3 Å². The highest BCUT2D eigenvalue weighted by Gasteiger charge is 2.10. The van der Waals surface area contributed by atoms with Crippen LogP contribution in [0.4, 0.5) is 0 Å². The Kier molecular flexibility index (Phi) is 9.58. The fraction of sp³-hybridized carbons (Fsp3) is 0.579. The lowest BCUT2D eigenvalue weighted by Crippen LogP contribution is -2.04. The molecule has 0 saturated heterocycles. The van der Waals surface area contributed by atoms with E-state index in [4.69, 9.17) is 14.9 Å². The summed E-state index contributed by atoms with van der Waals surface area (Å²) >= 11 is 0. The minimum Gasteiger partial charge on any atom is -0.493 e. The number of hydrogen-bond donors (Lipinski definition) is 2. The van der Waals surface area contributed by atoms with E-state index < -0.39 is 11.9 Å². The molecule has 0 aliphatic heterocycles. The molecule has 0 bridgehead atoms. The van der Waals surface area contributed by atoms with Gasteiger partial charge >= 0.3 is 11.9 Å². The van der Waals surface area contributed by atoms with Crippen molar-refractivity contribution >= 4 is 11.9 Å². The van der Waals surface area contributed by atoms with Gasteiger partial charge < -0.3 is 14.9 Å². The summed E-state index contributed by atoms with van der Waals surface area (Å²) in [6.45, 7) is 2.72. The van der Waals surface area contributed by atoms with Gasteiger partial charge in [0.1, 0.15) is 5.75 Å². The molecular weight excluding hydrogens is 308 g/mol. The molecule has 24 heavy (non-hydrogen) atoms. The Balaban J connectivity index is 2.71. The van der Waals surface area contributed by atoms with Crippen LogP contribution in [0.15, 0.2) is 18.2 Å². The van der Waals surface area contributed by atoms with E-state index in [2.05, 4.69) is 13.0 Å². The molecule has 5 nitrogen and oxygen atoms in total. The van der Waals surface area contributed by atoms with Crippen LogP contribution < -0.4 is 4.74 Å². The SMILES string of the molecule is CCCOc1cccc(CCCCC(=O)O)c1CCCCC(=O)O. The molecule has 0 atom stereocenters. The quantitative estimate of drug-likeness (QED) is 0.530. The molecule has 0 heterocycles. The van der Waals surface area contributed by atoms with Gasteiger partial charge in [0.25, 0.3) is 0 Å². The summed E-state index contributed by atoms with van der Waals surface area (Å²) in [5, 5.41) is 17.5. The van der Waals surface area contributed by atoms with Gasteiger partial charge in [-0.1, -0.05) is 19.1 Å². The maximum absolute atomic E-state index is 10.6. The van der Waals surface area contributed by atoms with Gasteiger partial charge in [-0.3, -0.25) is 9.59 Å². The molecule has 0 amide bonds. The first kappa shape index (κ1) is 20.0. The number of carbonyl (C=O) groups is 2. The fourth-order valence-electron chi connectivity index (χ4n) is 2.65. The standard InChI is InChI=1S/C19H28O5/c1-2-14-24-17-11-7-9-15(8-3-5-12-18(20)21)16(17)10-4-6-13-19(22)23/h7,9,11H,2-6,8,10,12-14H2,1H3,(H,20,21)(H,22,23). The molecule has 0 aliphatic rings. The van der Waals surface area contributed by atoms with Crippen LogP contribution in [-0.4, -0.2) is 28.8 Å². The van der Waals surface area contributed by atoms with Crippen molar-refractivity contribution in [3.63, 3.8) is 0 Å². The van der Waals surface area contributed by atoms with Gasteiger partial charge in [0.15, 0.2) is 0 Å². The van der Waals surface area contributed by atoms with Crippen LogP contribution in [0.5, 0.6) is 5.75 Å². The molecule has 1 aromatic rings. The highest BCUT2D eigenvalue weighted by atomic mass is 16.5. The van der Waals surface area contributed by atoms with Gasteiger partial charge in [-0.15, -0.1) is 0 Å². The summed E-state index contributed by atoms with van der Waals surface area (Å²) < 4.78 is 5.84. The average molecular weight is 336 g/mol. The molecule has 0 aromatic heterocycles. The molecule has 2 N–H and O–H groups in total. The van der Waals surface area contributed by atoms with Crippen LogP contribution in [0.2, 0.25) is 0 Å². The van der Waals surface area contributed by atoms with Gasteiger partial charge in [0.2, 0.25) is 0 Å². The topological polar surface area (TPSA) is 83.8 Å². The molecule has 1 aromatic carbocycles. The van der Waals surface area contributed by atoms with Gasteiger partial charge in [0.05, 0.1) is 6.61 Å². The van der Waals surface area contributed by atoms with Crippen molar-refractivity contribution in [2.24, 2.45) is 0 Å². The van der Waals surface area contributed by atoms with Crippen molar-refractivity contribution in [2.75, 3.05) is 6.61 Å². The minimum atomic E-state index is -0.764. The van der Waals surface area contributed by atoms with E-state index in [9.17, 15) is 9.59 Å². The maximum Gasteiger partial charge on any atom is 0.303 e. The van der Waals surface area contributed by atoms with Gasteiger partial charge in [-0.25, -0.2) is 0 Å². The van der Waals surface area contributed by atoms with Crippen LogP contribution >= 0.6 is 0 Å². The Hall–Kier alpha value is -2.04. The van der Waals surface area contributed by atoms with E-state index in [0.717, 1.165) is 43.4 Å². The third-order valence-electron chi connectivity index (χ3n) is 3.85. The molecule has 0 aliphatic carbocycles. The fourth-order valence-corrected chi connectivity index (χ4v) is 2.65.